The Morgan fingerprint density at radius 1 is 1.40 bits per heavy atom. The SMILES string of the molecule is CCNC(C)c1cccc(OCCc2cnn(C)c2)c1. The highest BCUT2D eigenvalue weighted by Crippen LogP contribution is 2.19. The largest absolute Gasteiger partial charge is 0.493 e. The molecule has 1 heterocycles. The fourth-order valence-electron chi connectivity index (χ4n) is 2.19. The highest BCUT2D eigenvalue weighted by molar-refractivity contribution is 5.30. The molecule has 0 amide bonds. The number of ether oxygens (including phenoxy) is 1. The lowest BCUT2D eigenvalue weighted by Crippen LogP contribution is -2.17. The van der Waals surface area contributed by atoms with E-state index in [1.165, 1.54) is 11.1 Å². The van der Waals surface area contributed by atoms with E-state index < -0.39 is 0 Å². The second-order valence-corrected chi connectivity index (χ2v) is 4.97. The Morgan fingerprint density at radius 2 is 2.25 bits per heavy atom. The molecular formula is C16H23N3O. The minimum Gasteiger partial charge on any atom is -0.493 e. The third-order valence-electron chi connectivity index (χ3n) is 3.29. The summed E-state index contributed by atoms with van der Waals surface area (Å²) in [6.07, 6.45) is 4.78. The second kappa shape index (κ2) is 7.10. The molecule has 4 nitrogen and oxygen atoms in total. The number of hydrogen-bond acceptors (Lipinski definition) is 3. The van der Waals surface area contributed by atoms with Crippen molar-refractivity contribution in [2.24, 2.45) is 7.05 Å². The second-order valence-electron chi connectivity index (χ2n) is 4.97. The van der Waals surface area contributed by atoms with Crippen molar-refractivity contribution in [3.63, 3.8) is 0 Å². The highest BCUT2D eigenvalue weighted by Gasteiger charge is 2.05. The van der Waals surface area contributed by atoms with Gasteiger partial charge in [-0.3, -0.25) is 4.68 Å². The van der Waals surface area contributed by atoms with E-state index in [-0.39, 0.29) is 0 Å². The molecule has 1 atom stereocenters. The predicted octanol–water partition coefficient (Wildman–Crippen LogP) is 2.71. The standard InChI is InChI=1S/C16H23N3O/c1-4-17-13(2)15-6-5-7-16(10-15)20-9-8-14-11-18-19(3)12-14/h5-7,10-13,17H,4,8-9H2,1-3H3. The third-order valence-corrected chi connectivity index (χ3v) is 3.29. The van der Waals surface area contributed by atoms with Crippen molar-refractivity contribution in [2.75, 3.05) is 13.2 Å². The molecular weight excluding hydrogens is 250 g/mol. The van der Waals surface area contributed by atoms with Crippen LogP contribution in [0.4, 0.5) is 0 Å². The van der Waals surface area contributed by atoms with E-state index in [9.17, 15) is 0 Å². The molecule has 4 heteroatoms. The predicted molar refractivity (Wildman–Crippen MR) is 80.9 cm³/mol. The minimum atomic E-state index is 0.349. The van der Waals surface area contributed by atoms with E-state index in [2.05, 4.69) is 36.4 Å². The summed E-state index contributed by atoms with van der Waals surface area (Å²) in [5, 5.41) is 7.56. The van der Waals surface area contributed by atoms with Crippen LogP contribution in [0.2, 0.25) is 0 Å². The first-order valence-electron chi connectivity index (χ1n) is 7.12. The molecule has 0 fully saturated rings. The zero-order valence-corrected chi connectivity index (χ0v) is 12.5. The summed E-state index contributed by atoms with van der Waals surface area (Å²) in [6, 6.07) is 8.63. The Balaban J connectivity index is 1.88. The molecule has 0 bridgehead atoms. The molecule has 0 radical (unpaired) electrons. The Kier molecular flexibility index (Phi) is 5.18. The molecule has 108 valence electrons. The fourth-order valence-corrected chi connectivity index (χ4v) is 2.19. The lowest BCUT2D eigenvalue weighted by molar-refractivity contribution is 0.321. The van der Waals surface area contributed by atoms with E-state index in [4.69, 9.17) is 4.74 Å². The smallest absolute Gasteiger partial charge is 0.119 e. The van der Waals surface area contributed by atoms with Crippen LogP contribution < -0.4 is 10.1 Å². The van der Waals surface area contributed by atoms with Gasteiger partial charge in [-0.1, -0.05) is 19.1 Å². The molecule has 0 saturated heterocycles. The van der Waals surface area contributed by atoms with Gasteiger partial charge in [0.15, 0.2) is 0 Å². The van der Waals surface area contributed by atoms with Crippen molar-refractivity contribution in [3.8, 4) is 5.75 Å². The Morgan fingerprint density at radius 3 is 2.95 bits per heavy atom. The maximum atomic E-state index is 5.82. The minimum absolute atomic E-state index is 0.349. The maximum absolute atomic E-state index is 5.82. The zero-order chi connectivity index (χ0) is 14.4. The highest BCUT2D eigenvalue weighted by atomic mass is 16.5. The number of hydrogen-bond donors (Lipinski definition) is 1. The molecule has 0 spiro atoms. The van der Waals surface area contributed by atoms with Crippen molar-refractivity contribution < 1.29 is 4.74 Å². The van der Waals surface area contributed by atoms with Gasteiger partial charge in [0, 0.05) is 25.7 Å². The van der Waals surface area contributed by atoms with Crippen LogP contribution >= 0.6 is 0 Å². The summed E-state index contributed by atoms with van der Waals surface area (Å²) in [7, 11) is 1.93. The fraction of sp³-hybridized carbons (Fsp3) is 0.438. The van der Waals surface area contributed by atoms with E-state index in [1.807, 2.05) is 36.3 Å². The summed E-state index contributed by atoms with van der Waals surface area (Å²) in [5.41, 5.74) is 2.45. The first-order chi connectivity index (χ1) is 9.69. The van der Waals surface area contributed by atoms with Crippen LogP contribution in [0.3, 0.4) is 0 Å². The van der Waals surface area contributed by atoms with Gasteiger partial charge in [0.05, 0.1) is 12.8 Å². The summed E-state index contributed by atoms with van der Waals surface area (Å²) < 4.78 is 7.64. The third kappa shape index (κ3) is 4.10. The first-order valence-corrected chi connectivity index (χ1v) is 7.12. The van der Waals surface area contributed by atoms with Crippen LogP contribution in [-0.2, 0) is 13.5 Å². The Hall–Kier alpha value is -1.81. The molecule has 0 aliphatic rings. The van der Waals surface area contributed by atoms with Gasteiger partial charge in [-0.2, -0.15) is 5.10 Å². The van der Waals surface area contributed by atoms with E-state index in [1.54, 1.807) is 0 Å². The van der Waals surface area contributed by atoms with E-state index in [0.717, 1.165) is 18.7 Å². The monoisotopic (exact) mass is 273 g/mol. The summed E-state index contributed by atoms with van der Waals surface area (Å²) in [4.78, 5) is 0. The van der Waals surface area contributed by atoms with Crippen LogP contribution in [-0.4, -0.2) is 22.9 Å². The normalized spacial score (nSPS) is 12.3. The van der Waals surface area contributed by atoms with Crippen molar-refractivity contribution in [1.29, 1.82) is 0 Å². The molecule has 1 aromatic carbocycles. The van der Waals surface area contributed by atoms with Gasteiger partial charge in [0.1, 0.15) is 5.75 Å². The molecule has 0 saturated carbocycles. The van der Waals surface area contributed by atoms with E-state index >= 15 is 0 Å². The Labute approximate surface area is 120 Å². The van der Waals surface area contributed by atoms with Gasteiger partial charge >= 0.3 is 0 Å². The first kappa shape index (κ1) is 14.6. The lowest BCUT2D eigenvalue weighted by atomic mass is 10.1. The molecule has 0 aliphatic heterocycles. The van der Waals surface area contributed by atoms with Crippen LogP contribution in [0, 0.1) is 0 Å². The average Bonchev–Trinajstić information content (AvgIpc) is 2.85. The molecule has 1 N–H and O–H groups in total. The van der Waals surface area contributed by atoms with Crippen LogP contribution in [0.1, 0.15) is 31.0 Å². The number of aromatic nitrogens is 2. The van der Waals surface area contributed by atoms with E-state index in [0.29, 0.717) is 12.6 Å². The summed E-state index contributed by atoms with van der Waals surface area (Å²) in [5.74, 6) is 0.927. The number of nitrogens with zero attached hydrogens (tertiary/aromatic N) is 2. The van der Waals surface area contributed by atoms with Crippen molar-refractivity contribution in [2.45, 2.75) is 26.3 Å². The van der Waals surface area contributed by atoms with Crippen LogP contribution in [0.25, 0.3) is 0 Å². The quantitative estimate of drug-likeness (QED) is 0.843. The van der Waals surface area contributed by atoms with Crippen LogP contribution in [0.15, 0.2) is 36.7 Å². The van der Waals surface area contributed by atoms with Gasteiger partial charge in [-0.25, -0.2) is 0 Å². The van der Waals surface area contributed by atoms with Crippen molar-refractivity contribution >= 4 is 0 Å². The number of aryl methyl sites for hydroxylation is 1. The molecule has 1 aromatic heterocycles. The van der Waals surface area contributed by atoms with Crippen LogP contribution in [0.5, 0.6) is 5.75 Å². The number of benzene rings is 1. The lowest BCUT2D eigenvalue weighted by Gasteiger charge is -2.14. The summed E-state index contributed by atoms with van der Waals surface area (Å²) >= 11 is 0. The maximum Gasteiger partial charge on any atom is 0.119 e. The summed E-state index contributed by atoms with van der Waals surface area (Å²) in [6.45, 7) is 5.92. The average molecular weight is 273 g/mol. The number of rotatable bonds is 7. The molecule has 20 heavy (non-hydrogen) atoms. The molecule has 2 aromatic rings. The van der Waals surface area contributed by atoms with Gasteiger partial charge in [0.25, 0.3) is 0 Å². The molecule has 1 unspecified atom stereocenters. The van der Waals surface area contributed by atoms with Gasteiger partial charge < -0.3 is 10.1 Å². The van der Waals surface area contributed by atoms with Crippen molar-refractivity contribution in [3.05, 3.63) is 47.8 Å². The van der Waals surface area contributed by atoms with Gasteiger partial charge in [-0.15, -0.1) is 0 Å². The topological polar surface area (TPSA) is 39.1 Å². The molecule has 2 rings (SSSR count). The number of nitrogens with one attached hydrogen (secondary N) is 1. The molecule has 0 aliphatic carbocycles. The van der Waals surface area contributed by atoms with Gasteiger partial charge in [0.2, 0.25) is 0 Å². The van der Waals surface area contributed by atoms with Gasteiger partial charge in [-0.05, 0) is 36.7 Å². The Bertz CT molecular complexity index is 536. The zero-order valence-electron chi connectivity index (χ0n) is 12.5. The van der Waals surface area contributed by atoms with Crippen molar-refractivity contribution in [1.82, 2.24) is 15.1 Å².